The van der Waals surface area contributed by atoms with Gasteiger partial charge in [0.15, 0.2) is 0 Å². The number of rotatable bonds is 4. The van der Waals surface area contributed by atoms with E-state index >= 15 is 0 Å². The van der Waals surface area contributed by atoms with Crippen molar-refractivity contribution in [1.29, 1.82) is 0 Å². The van der Waals surface area contributed by atoms with E-state index in [4.69, 9.17) is 10.5 Å². The highest BCUT2D eigenvalue weighted by atomic mass is 16.5. The molecular weight excluding hydrogens is 378 g/mol. The summed E-state index contributed by atoms with van der Waals surface area (Å²) in [6, 6.07) is 17.2. The zero-order valence-corrected chi connectivity index (χ0v) is 17.6. The van der Waals surface area contributed by atoms with Crippen LogP contribution in [0, 0.1) is 0 Å². The summed E-state index contributed by atoms with van der Waals surface area (Å²) in [5.41, 5.74) is 6.97. The van der Waals surface area contributed by atoms with E-state index in [1.54, 1.807) is 0 Å². The van der Waals surface area contributed by atoms with Gasteiger partial charge in [0.1, 0.15) is 6.61 Å². The SMILES string of the molecule is CC(C)(C)N1CCc2c([nH]c3ccccc23)C1(C(N)=O)C(=O)OCc1ccccc1. The summed E-state index contributed by atoms with van der Waals surface area (Å²) in [5, 5.41) is 1.00. The van der Waals surface area contributed by atoms with Gasteiger partial charge in [0.05, 0.1) is 5.69 Å². The number of nitrogens with zero attached hydrogens (tertiary/aromatic N) is 1. The molecule has 156 valence electrons. The van der Waals surface area contributed by atoms with Crippen molar-refractivity contribution in [2.45, 2.75) is 44.9 Å². The van der Waals surface area contributed by atoms with Gasteiger partial charge < -0.3 is 15.5 Å². The lowest BCUT2D eigenvalue weighted by Crippen LogP contribution is -2.68. The van der Waals surface area contributed by atoms with Crippen LogP contribution in [0.3, 0.4) is 0 Å². The molecular formula is C24H27N3O3. The van der Waals surface area contributed by atoms with E-state index in [1.807, 2.05) is 80.3 Å². The number of H-pyrrole nitrogens is 1. The predicted molar refractivity (Wildman–Crippen MR) is 116 cm³/mol. The van der Waals surface area contributed by atoms with Gasteiger partial charge in [-0.25, -0.2) is 4.79 Å². The van der Waals surface area contributed by atoms with Gasteiger partial charge >= 0.3 is 5.97 Å². The van der Waals surface area contributed by atoms with E-state index in [0.717, 1.165) is 22.0 Å². The Balaban J connectivity index is 1.87. The minimum absolute atomic E-state index is 0.0717. The predicted octanol–water partition coefficient (Wildman–Crippen LogP) is 3.25. The maximum Gasteiger partial charge on any atom is 0.343 e. The molecule has 1 atom stereocenters. The fourth-order valence-corrected chi connectivity index (χ4v) is 4.53. The van der Waals surface area contributed by atoms with E-state index in [2.05, 4.69) is 4.98 Å². The topological polar surface area (TPSA) is 88.4 Å². The van der Waals surface area contributed by atoms with Crippen molar-refractivity contribution >= 4 is 22.8 Å². The zero-order valence-electron chi connectivity index (χ0n) is 17.6. The van der Waals surface area contributed by atoms with Crippen molar-refractivity contribution in [2.75, 3.05) is 6.54 Å². The van der Waals surface area contributed by atoms with E-state index < -0.39 is 23.0 Å². The summed E-state index contributed by atoms with van der Waals surface area (Å²) >= 11 is 0. The first-order valence-corrected chi connectivity index (χ1v) is 10.1. The van der Waals surface area contributed by atoms with Crippen LogP contribution in [0.5, 0.6) is 0 Å². The molecule has 0 fully saturated rings. The molecule has 0 aliphatic carbocycles. The number of hydrogen-bond acceptors (Lipinski definition) is 4. The molecule has 4 rings (SSSR count). The molecule has 0 saturated carbocycles. The first-order valence-electron chi connectivity index (χ1n) is 10.1. The lowest BCUT2D eigenvalue weighted by atomic mass is 9.80. The quantitative estimate of drug-likeness (QED) is 0.515. The number of fused-ring (bicyclic) bond motifs is 3. The average Bonchev–Trinajstić information content (AvgIpc) is 3.10. The summed E-state index contributed by atoms with van der Waals surface area (Å²) in [6.45, 7) is 6.51. The van der Waals surface area contributed by atoms with Crippen LogP contribution < -0.4 is 5.73 Å². The number of para-hydroxylation sites is 1. The maximum atomic E-state index is 13.6. The Labute approximate surface area is 176 Å². The highest BCUT2D eigenvalue weighted by Crippen LogP contribution is 2.43. The van der Waals surface area contributed by atoms with Crippen LogP contribution in [0.4, 0.5) is 0 Å². The van der Waals surface area contributed by atoms with E-state index in [0.29, 0.717) is 18.7 Å². The molecule has 0 radical (unpaired) electrons. The summed E-state index contributed by atoms with van der Waals surface area (Å²) in [4.78, 5) is 31.9. The summed E-state index contributed by atoms with van der Waals surface area (Å²) in [6.07, 6.45) is 0.706. The second-order valence-corrected chi connectivity index (χ2v) is 8.73. The van der Waals surface area contributed by atoms with Crippen molar-refractivity contribution in [3.8, 4) is 0 Å². The van der Waals surface area contributed by atoms with Crippen LogP contribution in [-0.2, 0) is 32.9 Å². The highest BCUT2D eigenvalue weighted by Gasteiger charge is 2.59. The molecule has 30 heavy (non-hydrogen) atoms. The monoisotopic (exact) mass is 405 g/mol. The molecule has 3 N–H and O–H groups in total. The van der Waals surface area contributed by atoms with Crippen LogP contribution in [0.1, 0.15) is 37.6 Å². The summed E-state index contributed by atoms with van der Waals surface area (Å²) in [7, 11) is 0. The fraction of sp³-hybridized carbons (Fsp3) is 0.333. The van der Waals surface area contributed by atoms with Gasteiger partial charge in [0, 0.05) is 23.0 Å². The highest BCUT2D eigenvalue weighted by molar-refractivity contribution is 6.09. The number of hydrogen-bond donors (Lipinski definition) is 2. The lowest BCUT2D eigenvalue weighted by molar-refractivity contribution is -0.171. The van der Waals surface area contributed by atoms with Crippen molar-refractivity contribution in [3.05, 3.63) is 71.4 Å². The number of nitrogens with one attached hydrogen (secondary N) is 1. The number of carbonyl (C=O) groups excluding carboxylic acids is 2. The van der Waals surface area contributed by atoms with E-state index in [9.17, 15) is 9.59 Å². The molecule has 2 aromatic carbocycles. The molecule has 1 aliphatic rings. The maximum absolute atomic E-state index is 13.6. The molecule has 0 saturated heterocycles. The molecule has 1 aliphatic heterocycles. The number of carbonyl (C=O) groups is 2. The first kappa shape index (κ1) is 20.2. The molecule has 2 heterocycles. The first-order chi connectivity index (χ1) is 14.3. The number of aromatic nitrogens is 1. The third-order valence-electron chi connectivity index (χ3n) is 5.84. The van der Waals surface area contributed by atoms with Crippen molar-refractivity contribution in [3.63, 3.8) is 0 Å². The van der Waals surface area contributed by atoms with Crippen LogP contribution in [-0.4, -0.2) is 33.8 Å². The lowest BCUT2D eigenvalue weighted by Gasteiger charge is -2.49. The smallest absolute Gasteiger partial charge is 0.343 e. The Morgan fingerprint density at radius 1 is 1.10 bits per heavy atom. The standard InChI is InChI=1S/C24H27N3O3/c1-23(2,3)27-14-13-18-17-11-7-8-12-19(17)26-20(18)24(27,21(25)28)22(29)30-15-16-9-5-4-6-10-16/h4-12,26H,13-15H2,1-3H3,(H2,25,28). The Morgan fingerprint density at radius 3 is 2.43 bits per heavy atom. The molecule has 6 nitrogen and oxygen atoms in total. The molecule has 0 bridgehead atoms. The summed E-state index contributed by atoms with van der Waals surface area (Å²) < 4.78 is 5.71. The number of ether oxygens (including phenoxy) is 1. The van der Waals surface area contributed by atoms with Crippen LogP contribution in [0.2, 0.25) is 0 Å². The minimum Gasteiger partial charge on any atom is -0.459 e. The molecule has 6 heteroatoms. The van der Waals surface area contributed by atoms with Gasteiger partial charge in [0.25, 0.3) is 5.91 Å². The zero-order chi connectivity index (χ0) is 21.5. The van der Waals surface area contributed by atoms with Crippen molar-refractivity contribution in [1.82, 2.24) is 9.88 Å². The number of primary amides is 1. The number of esters is 1. The molecule has 3 aromatic rings. The fourth-order valence-electron chi connectivity index (χ4n) is 4.53. The van der Waals surface area contributed by atoms with Crippen LogP contribution in [0.25, 0.3) is 10.9 Å². The van der Waals surface area contributed by atoms with Crippen molar-refractivity contribution < 1.29 is 14.3 Å². The van der Waals surface area contributed by atoms with Gasteiger partial charge in [-0.1, -0.05) is 48.5 Å². The van der Waals surface area contributed by atoms with Gasteiger partial charge in [-0.2, -0.15) is 0 Å². The van der Waals surface area contributed by atoms with E-state index in [1.165, 1.54) is 0 Å². The van der Waals surface area contributed by atoms with E-state index in [-0.39, 0.29) is 6.61 Å². The largest absolute Gasteiger partial charge is 0.459 e. The second kappa shape index (κ2) is 7.29. The second-order valence-electron chi connectivity index (χ2n) is 8.73. The minimum atomic E-state index is -1.72. The number of benzene rings is 2. The Morgan fingerprint density at radius 2 is 1.77 bits per heavy atom. The Hall–Kier alpha value is -3.12. The van der Waals surface area contributed by atoms with Crippen LogP contribution in [0.15, 0.2) is 54.6 Å². The number of nitrogens with two attached hydrogens (primary N) is 1. The van der Waals surface area contributed by atoms with Gasteiger partial charge in [-0.05, 0) is 44.4 Å². The van der Waals surface area contributed by atoms with Gasteiger partial charge in [0.2, 0.25) is 5.54 Å². The number of aromatic amines is 1. The molecule has 1 aromatic heterocycles. The molecule has 1 amide bonds. The number of amides is 1. The van der Waals surface area contributed by atoms with Gasteiger partial charge in [-0.15, -0.1) is 0 Å². The van der Waals surface area contributed by atoms with Crippen molar-refractivity contribution in [2.24, 2.45) is 5.73 Å². The Kier molecular flexibility index (Phi) is 4.90. The third-order valence-corrected chi connectivity index (χ3v) is 5.84. The molecule has 1 unspecified atom stereocenters. The van der Waals surface area contributed by atoms with Gasteiger partial charge in [-0.3, -0.25) is 9.69 Å². The Bertz CT molecular complexity index is 1100. The average molecular weight is 405 g/mol. The third kappa shape index (κ3) is 3.08. The van der Waals surface area contributed by atoms with Crippen LogP contribution >= 0.6 is 0 Å². The normalized spacial score (nSPS) is 19.4. The molecule has 0 spiro atoms. The summed E-state index contributed by atoms with van der Waals surface area (Å²) in [5.74, 6) is -1.38.